The fourth-order valence-corrected chi connectivity index (χ4v) is 5.59. The maximum Gasteiger partial charge on any atom is 0.317 e. The minimum atomic E-state index is 0.0427. The second-order valence-electron chi connectivity index (χ2n) is 9.11. The van der Waals surface area contributed by atoms with E-state index in [1.807, 2.05) is 30.9 Å². The molecular weight excluding hydrogens is 410 g/mol. The topological polar surface area (TPSA) is 64.3 Å². The number of carbonyl (C=O) groups is 1. The van der Waals surface area contributed by atoms with Gasteiger partial charge in [-0.25, -0.2) is 4.79 Å². The minimum Gasteiger partial charge on any atom is -0.348 e. The zero-order chi connectivity index (χ0) is 22.9. The standard InChI is InChI=1S/C27H31N5O/c1-4-32(5-2)27(33)29-19-14-21-20-9-6-10-24-26(20)22(15-25(21)31(3)17-19)23(30-24)12-11-18-8-7-13-28-16-18/h6-10,13,16,19,21,25,30H,4-5,14-15,17H2,1-3H3,(H,29,33)/t19-,21+,25+/m0/s1. The molecule has 170 valence electrons. The van der Waals surface area contributed by atoms with E-state index in [9.17, 15) is 4.79 Å². The molecule has 33 heavy (non-hydrogen) atoms. The SMILES string of the molecule is CCN(CC)C(=O)N[C@H]1C[C@@H]2c3cccc4[nH]c(C#Cc5cccnc5)c(c34)C[C@H]2N(C)C1. The highest BCUT2D eigenvalue weighted by Crippen LogP contribution is 2.44. The number of likely N-dealkylation sites (tertiary alicyclic amines) is 1. The lowest BCUT2D eigenvalue weighted by atomic mass is 9.73. The first kappa shape index (κ1) is 21.5. The monoisotopic (exact) mass is 441 g/mol. The number of rotatable bonds is 3. The first-order valence-electron chi connectivity index (χ1n) is 11.9. The smallest absolute Gasteiger partial charge is 0.317 e. The predicted molar refractivity (Wildman–Crippen MR) is 131 cm³/mol. The maximum atomic E-state index is 12.7. The van der Waals surface area contributed by atoms with Gasteiger partial charge in [0.1, 0.15) is 0 Å². The molecule has 0 spiro atoms. The van der Waals surface area contributed by atoms with Crippen molar-refractivity contribution in [2.75, 3.05) is 26.7 Å². The molecule has 3 atom stereocenters. The number of amides is 2. The number of pyridine rings is 1. The number of nitrogens with zero attached hydrogens (tertiary/aromatic N) is 3. The van der Waals surface area contributed by atoms with Crippen LogP contribution in [0.4, 0.5) is 4.79 Å². The lowest BCUT2D eigenvalue weighted by Gasteiger charge is -2.46. The number of urea groups is 1. The highest BCUT2D eigenvalue weighted by Gasteiger charge is 2.40. The molecule has 6 nitrogen and oxygen atoms in total. The highest BCUT2D eigenvalue weighted by molar-refractivity contribution is 5.91. The van der Waals surface area contributed by atoms with E-state index in [-0.39, 0.29) is 12.1 Å². The van der Waals surface area contributed by atoms with E-state index in [0.717, 1.165) is 49.2 Å². The molecule has 5 rings (SSSR count). The summed E-state index contributed by atoms with van der Waals surface area (Å²) in [5.74, 6) is 7.03. The molecule has 0 bridgehead atoms. The van der Waals surface area contributed by atoms with Gasteiger partial charge in [-0.2, -0.15) is 0 Å². The molecule has 2 N–H and O–H groups in total. The number of carbonyl (C=O) groups excluding carboxylic acids is 1. The molecule has 2 amide bonds. The molecule has 0 saturated carbocycles. The lowest BCUT2D eigenvalue weighted by molar-refractivity contribution is 0.124. The normalized spacial score (nSPS) is 21.7. The Balaban J connectivity index is 1.47. The third-order valence-corrected chi connectivity index (χ3v) is 7.22. The van der Waals surface area contributed by atoms with Gasteiger partial charge in [0, 0.05) is 66.5 Å². The van der Waals surface area contributed by atoms with E-state index in [2.05, 4.69) is 57.3 Å². The van der Waals surface area contributed by atoms with Crippen molar-refractivity contribution in [3.8, 4) is 11.8 Å². The summed E-state index contributed by atoms with van der Waals surface area (Å²) in [6.07, 6.45) is 5.49. The number of benzene rings is 1. The number of H-pyrrole nitrogens is 1. The Kier molecular flexibility index (Phi) is 5.82. The van der Waals surface area contributed by atoms with Gasteiger partial charge in [-0.1, -0.05) is 18.1 Å². The Morgan fingerprint density at radius 2 is 2.09 bits per heavy atom. The van der Waals surface area contributed by atoms with E-state index in [4.69, 9.17) is 0 Å². The van der Waals surface area contributed by atoms with E-state index in [1.165, 1.54) is 16.5 Å². The van der Waals surface area contributed by atoms with Crippen molar-refractivity contribution >= 4 is 16.9 Å². The van der Waals surface area contributed by atoms with Crippen LogP contribution >= 0.6 is 0 Å². The van der Waals surface area contributed by atoms with Gasteiger partial charge < -0.3 is 20.1 Å². The molecule has 1 aromatic carbocycles. The molecule has 3 aromatic rings. The molecule has 1 fully saturated rings. The van der Waals surface area contributed by atoms with Crippen LogP contribution in [0, 0.1) is 11.8 Å². The molecule has 6 heteroatoms. The second-order valence-corrected chi connectivity index (χ2v) is 9.11. The summed E-state index contributed by atoms with van der Waals surface area (Å²) in [5.41, 5.74) is 5.76. The van der Waals surface area contributed by atoms with Crippen molar-refractivity contribution in [1.82, 2.24) is 25.1 Å². The quantitative estimate of drug-likeness (QED) is 0.609. The van der Waals surface area contributed by atoms with Gasteiger partial charge in [0.25, 0.3) is 0 Å². The van der Waals surface area contributed by atoms with Crippen LogP contribution in [0.1, 0.15) is 48.6 Å². The van der Waals surface area contributed by atoms with Crippen molar-refractivity contribution in [2.45, 2.75) is 44.7 Å². The summed E-state index contributed by atoms with van der Waals surface area (Å²) < 4.78 is 0. The molecular formula is C27H31N5O. The average Bonchev–Trinajstić information content (AvgIpc) is 3.18. The Labute approximate surface area is 195 Å². The van der Waals surface area contributed by atoms with Crippen LogP contribution in [0.25, 0.3) is 10.9 Å². The molecule has 0 unspecified atom stereocenters. The lowest BCUT2D eigenvalue weighted by Crippen LogP contribution is -2.56. The van der Waals surface area contributed by atoms with Gasteiger partial charge >= 0.3 is 6.03 Å². The van der Waals surface area contributed by atoms with E-state index < -0.39 is 0 Å². The van der Waals surface area contributed by atoms with Gasteiger partial charge in [0.05, 0.1) is 5.69 Å². The van der Waals surface area contributed by atoms with Crippen LogP contribution in [0.3, 0.4) is 0 Å². The molecule has 2 aromatic heterocycles. The zero-order valence-electron chi connectivity index (χ0n) is 19.6. The number of piperidine rings is 1. The van der Waals surface area contributed by atoms with E-state index >= 15 is 0 Å². The maximum absolute atomic E-state index is 12.7. The number of nitrogens with one attached hydrogen (secondary N) is 2. The predicted octanol–water partition coefficient (Wildman–Crippen LogP) is 3.73. The highest BCUT2D eigenvalue weighted by atomic mass is 16.2. The van der Waals surface area contributed by atoms with Crippen molar-refractivity contribution in [2.24, 2.45) is 0 Å². The van der Waals surface area contributed by atoms with Crippen LogP contribution in [0.5, 0.6) is 0 Å². The van der Waals surface area contributed by atoms with Gasteiger partial charge in [0.15, 0.2) is 0 Å². The van der Waals surface area contributed by atoms with Crippen LogP contribution in [-0.2, 0) is 6.42 Å². The Bertz CT molecular complexity index is 1220. The second kappa shape index (κ2) is 8.92. The first-order chi connectivity index (χ1) is 16.1. The van der Waals surface area contributed by atoms with Gasteiger partial charge in [0.2, 0.25) is 0 Å². The Hall–Kier alpha value is -3.30. The zero-order valence-corrected chi connectivity index (χ0v) is 19.6. The van der Waals surface area contributed by atoms with Crippen molar-refractivity contribution in [3.05, 3.63) is 65.1 Å². The average molecular weight is 442 g/mol. The van der Waals surface area contributed by atoms with Crippen LogP contribution < -0.4 is 5.32 Å². The number of aromatic nitrogens is 2. The molecule has 3 heterocycles. The third-order valence-electron chi connectivity index (χ3n) is 7.22. The fourth-order valence-electron chi connectivity index (χ4n) is 5.59. The summed E-state index contributed by atoms with van der Waals surface area (Å²) in [6, 6.07) is 11.0. The number of likely N-dealkylation sites (N-methyl/N-ethyl adjacent to an activating group) is 1. The molecule has 1 aliphatic heterocycles. The molecule has 1 aliphatic carbocycles. The summed E-state index contributed by atoms with van der Waals surface area (Å²) in [4.78, 5) is 24.7. The van der Waals surface area contributed by atoms with Crippen molar-refractivity contribution in [1.29, 1.82) is 0 Å². The number of hydrogen-bond donors (Lipinski definition) is 2. The van der Waals surface area contributed by atoms with Crippen LogP contribution in [0.15, 0.2) is 42.7 Å². The van der Waals surface area contributed by atoms with Crippen LogP contribution in [-0.4, -0.2) is 64.6 Å². The van der Waals surface area contributed by atoms with Crippen LogP contribution in [0.2, 0.25) is 0 Å². The van der Waals surface area contributed by atoms with E-state index in [1.54, 1.807) is 12.4 Å². The molecule has 1 saturated heterocycles. The summed E-state index contributed by atoms with van der Waals surface area (Å²) in [7, 11) is 2.19. The summed E-state index contributed by atoms with van der Waals surface area (Å²) >= 11 is 0. The largest absolute Gasteiger partial charge is 0.348 e. The minimum absolute atomic E-state index is 0.0427. The number of aromatic amines is 1. The van der Waals surface area contributed by atoms with Crippen molar-refractivity contribution < 1.29 is 4.79 Å². The summed E-state index contributed by atoms with van der Waals surface area (Å²) in [6.45, 7) is 6.37. The molecule has 0 radical (unpaired) electrons. The fraction of sp³-hybridized carbons (Fsp3) is 0.407. The van der Waals surface area contributed by atoms with E-state index in [0.29, 0.717) is 12.0 Å². The Morgan fingerprint density at radius 3 is 2.85 bits per heavy atom. The number of hydrogen-bond acceptors (Lipinski definition) is 3. The van der Waals surface area contributed by atoms with Gasteiger partial charge in [-0.05, 0) is 69.0 Å². The Morgan fingerprint density at radius 1 is 1.24 bits per heavy atom. The molecule has 2 aliphatic rings. The third kappa shape index (κ3) is 3.98. The van der Waals surface area contributed by atoms with Gasteiger partial charge in [-0.15, -0.1) is 0 Å². The van der Waals surface area contributed by atoms with Gasteiger partial charge in [-0.3, -0.25) is 4.98 Å². The van der Waals surface area contributed by atoms with Crippen molar-refractivity contribution in [3.63, 3.8) is 0 Å². The summed E-state index contributed by atoms with van der Waals surface area (Å²) in [5, 5.41) is 4.61. The first-order valence-corrected chi connectivity index (χ1v) is 11.9. The number of fused-ring (bicyclic) bond motifs is 2.